The van der Waals surface area contributed by atoms with Crippen LogP contribution in [0.15, 0.2) is 30.6 Å². The van der Waals surface area contributed by atoms with Gasteiger partial charge in [-0.2, -0.15) is 0 Å². The first-order valence-electron chi connectivity index (χ1n) is 7.54. The standard InChI is InChI=1S/C16H13ClF2N4O3S/c1-20-7-27(25,26)23-12-3-2-11(18)13(14(12)19)15(24)10-6-22-16-9(10)4-8(17)5-21-16/h2-6,20,23H,7H2,1H3,(H,21,22). The van der Waals surface area contributed by atoms with Crippen LogP contribution >= 0.6 is 11.6 Å². The van der Waals surface area contributed by atoms with Gasteiger partial charge in [0.25, 0.3) is 0 Å². The number of ketones is 1. The van der Waals surface area contributed by atoms with Crippen molar-refractivity contribution in [3.05, 3.63) is 58.4 Å². The monoisotopic (exact) mass is 414 g/mol. The molecule has 0 amide bonds. The first kappa shape index (κ1) is 19.2. The van der Waals surface area contributed by atoms with Gasteiger partial charge in [-0.1, -0.05) is 11.6 Å². The molecule has 0 atom stereocenters. The van der Waals surface area contributed by atoms with Crippen molar-refractivity contribution in [1.82, 2.24) is 15.3 Å². The van der Waals surface area contributed by atoms with Crippen LogP contribution in [-0.2, 0) is 10.0 Å². The average Bonchev–Trinajstić information content (AvgIpc) is 3.00. The van der Waals surface area contributed by atoms with E-state index in [-0.39, 0.29) is 16.0 Å². The molecule has 1 aromatic carbocycles. The van der Waals surface area contributed by atoms with E-state index in [1.165, 1.54) is 25.5 Å². The summed E-state index contributed by atoms with van der Waals surface area (Å²) in [4.78, 5) is 19.5. The number of rotatable bonds is 6. The molecule has 2 aromatic heterocycles. The minimum Gasteiger partial charge on any atom is -0.345 e. The van der Waals surface area contributed by atoms with Gasteiger partial charge in [0.2, 0.25) is 15.8 Å². The second-order valence-corrected chi connectivity index (χ2v) is 7.74. The van der Waals surface area contributed by atoms with E-state index in [2.05, 4.69) is 15.3 Å². The summed E-state index contributed by atoms with van der Waals surface area (Å²) < 4.78 is 54.6. The largest absolute Gasteiger partial charge is 0.345 e. The number of nitrogens with one attached hydrogen (secondary N) is 3. The third-order valence-electron chi connectivity index (χ3n) is 3.66. The van der Waals surface area contributed by atoms with Gasteiger partial charge in [-0.05, 0) is 25.2 Å². The zero-order chi connectivity index (χ0) is 19.8. The molecular formula is C16H13ClF2N4O3S. The number of hydrogen-bond donors (Lipinski definition) is 3. The average molecular weight is 415 g/mol. The molecule has 0 saturated heterocycles. The highest BCUT2D eigenvalue weighted by molar-refractivity contribution is 7.92. The highest BCUT2D eigenvalue weighted by Crippen LogP contribution is 2.28. The van der Waals surface area contributed by atoms with Crippen molar-refractivity contribution in [1.29, 1.82) is 0 Å². The molecule has 0 saturated carbocycles. The van der Waals surface area contributed by atoms with Crippen molar-refractivity contribution >= 4 is 44.1 Å². The maximum atomic E-state index is 14.8. The Morgan fingerprint density at radius 3 is 2.78 bits per heavy atom. The third-order valence-corrected chi connectivity index (χ3v) is 5.07. The Balaban J connectivity index is 2.09. The fourth-order valence-electron chi connectivity index (χ4n) is 2.53. The van der Waals surface area contributed by atoms with Gasteiger partial charge in [0, 0.05) is 23.3 Å². The molecule has 0 spiro atoms. The van der Waals surface area contributed by atoms with E-state index in [0.717, 1.165) is 12.1 Å². The molecule has 7 nitrogen and oxygen atoms in total. The number of carbonyl (C=O) groups is 1. The summed E-state index contributed by atoms with van der Waals surface area (Å²) in [5.41, 5.74) is -1.16. The molecular weight excluding hydrogens is 402 g/mol. The van der Waals surface area contributed by atoms with Crippen molar-refractivity contribution in [3.8, 4) is 0 Å². The van der Waals surface area contributed by atoms with Crippen LogP contribution < -0.4 is 10.0 Å². The highest BCUT2D eigenvalue weighted by Gasteiger charge is 2.25. The lowest BCUT2D eigenvalue weighted by Gasteiger charge is -2.11. The van der Waals surface area contributed by atoms with Gasteiger partial charge in [-0.15, -0.1) is 0 Å². The summed E-state index contributed by atoms with van der Waals surface area (Å²) in [5.74, 6) is -3.91. The lowest BCUT2D eigenvalue weighted by atomic mass is 10.0. The molecule has 142 valence electrons. The van der Waals surface area contributed by atoms with Crippen molar-refractivity contribution in [3.63, 3.8) is 0 Å². The Labute approximate surface area is 157 Å². The maximum Gasteiger partial charge on any atom is 0.245 e. The van der Waals surface area contributed by atoms with Crippen LogP contribution in [0.1, 0.15) is 15.9 Å². The Morgan fingerprint density at radius 2 is 2.07 bits per heavy atom. The van der Waals surface area contributed by atoms with Crippen LogP contribution in [0.25, 0.3) is 11.0 Å². The summed E-state index contributed by atoms with van der Waals surface area (Å²) in [6, 6.07) is 3.15. The number of hydrogen-bond acceptors (Lipinski definition) is 5. The Morgan fingerprint density at radius 1 is 1.33 bits per heavy atom. The molecule has 0 bridgehead atoms. The van der Waals surface area contributed by atoms with E-state index in [9.17, 15) is 22.0 Å². The van der Waals surface area contributed by atoms with Crippen LogP contribution in [0.5, 0.6) is 0 Å². The fourth-order valence-corrected chi connectivity index (χ4v) is 3.64. The fraction of sp³-hybridized carbons (Fsp3) is 0.125. The predicted octanol–water partition coefficient (Wildman–Crippen LogP) is 2.64. The molecule has 3 rings (SSSR count). The molecule has 0 fully saturated rings. The molecule has 0 aliphatic heterocycles. The SMILES string of the molecule is CNCS(=O)(=O)Nc1ccc(F)c(C(=O)c2c[nH]c3ncc(Cl)cc23)c1F. The molecule has 11 heteroatoms. The van der Waals surface area contributed by atoms with Crippen molar-refractivity contribution in [2.24, 2.45) is 0 Å². The first-order valence-corrected chi connectivity index (χ1v) is 9.57. The molecule has 3 N–H and O–H groups in total. The number of aromatic amines is 1. The number of halogens is 3. The van der Waals surface area contributed by atoms with E-state index in [4.69, 9.17) is 11.6 Å². The number of carbonyl (C=O) groups excluding carboxylic acids is 1. The number of aromatic nitrogens is 2. The van der Waals surface area contributed by atoms with Gasteiger partial charge in [0.05, 0.1) is 16.3 Å². The second kappa shape index (κ2) is 7.22. The van der Waals surface area contributed by atoms with Gasteiger partial charge in [0.1, 0.15) is 17.3 Å². The zero-order valence-electron chi connectivity index (χ0n) is 13.8. The number of anilines is 1. The quantitative estimate of drug-likeness (QED) is 0.538. The van der Waals surface area contributed by atoms with Crippen LogP contribution in [0.3, 0.4) is 0 Å². The minimum absolute atomic E-state index is 0.0481. The topological polar surface area (TPSA) is 104 Å². The summed E-state index contributed by atoms with van der Waals surface area (Å²) in [7, 11) is -2.53. The number of fused-ring (bicyclic) bond motifs is 1. The van der Waals surface area contributed by atoms with Crippen LogP contribution in [0.4, 0.5) is 14.5 Å². The molecule has 0 aliphatic carbocycles. The van der Waals surface area contributed by atoms with Crippen LogP contribution in [0, 0.1) is 11.6 Å². The minimum atomic E-state index is -3.93. The molecule has 0 radical (unpaired) electrons. The van der Waals surface area contributed by atoms with Gasteiger partial charge >= 0.3 is 0 Å². The maximum absolute atomic E-state index is 14.8. The summed E-state index contributed by atoms with van der Waals surface area (Å²) in [5, 5.41) is 2.93. The molecule has 0 aliphatic rings. The van der Waals surface area contributed by atoms with E-state index in [1.807, 2.05) is 4.72 Å². The van der Waals surface area contributed by atoms with Crippen molar-refractivity contribution in [2.75, 3.05) is 17.6 Å². The number of sulfonamides is 1. The first-order chi connectivity index (χ1) is 12.7. The number of benzene rings is 1. The van der Waals surface area contributed by atoms with Crippen molar-refractivity contribution in [2.45, 2.75) is 0 Å². The molecule has 27 heavy (non-hydrogen) atoms. The third kappa shape index (κ3) is 3.77. The lowest BCUT2D eigenvalue weighted by Crippen LogP contribution is -2.26. The summed E-state index contributed by atoms with van der Waals surface area (Å²) >= 11 is 5.87. The number of H-pyrrole nitrogens is 1. The smallest absolute Gasteiger partial charge is 0.245 e. The van der Waals surface area contributed by atoms with Crippen LogP contribution in [0.2, 0.25) is 5.02 Å². The predicted molar refractivity (Wildman–Crippen MR) is 97.4 cm³/mol. The molecule has 0 unspecified atom stereocenters. The molecule has 2 heterocycles. The van der Waals surface area contributed by atoms with Gasteiger partial charge < -0.3 is 10.3 Å². The summed E-state index contributed by atoms with van der Waals surface area (Å²) in [6.07, 6.45) is 2.61. The lowest BCUT2D eigenvalue weighted by molar-refractivity contribution is 0.103. The van der Waals surface area contributed by atoms with Gasteiger partial charge in [-0.3, -0.25) is 9.52 Å². The van der Waals surface area contributed by atoms with Crippen molar-refractivity contribution < 1.29 is 22.0 Å². The van der Waals surface area contributed by atoms with Crippen LogP contribution in [-0.4, -0.2) is 37.1 Å². The second-order valence-electron chi connectivity index (χ2n) is 5.58. The van der Waals surface area contributed by atoms with E-state index < -0.39 is 44.6 Å². The Kier molecular flexibility index (Phi) is 5.13. The van der Waals surface area contributed by atoms with Gasteiger partial charge in [0.15, 0.2) is 5.82 Å². The molecule has 3 aromatic rings. The highest BCUT2D eigenvalue weighted by atomic mass is 35.5. The Hall–Kier alpha value is -2.56. The van der Waals surface area contributed by atoms with E-state index >= 15 is 0 Å². The van der Waals surface area contributed by atoms with E-state index in [1.54, 1.807) is 0 Å². The normalized spacial score (nSPS) is 11.7. The Bertz CT molecular complexity index is 1150. The number of pyridine rings is 1. The van der Waals surface area contributed by atoms with Gasteiger partial charge in [-0.25, -0.2) is 22.2 Å². The number of nitrogens with zero attached hydrogens (tertiary/aromatic N) is 1. The van der Waals surface area contributed by atoms with E-state index in [0.29, 0.717) is 5.65 Å². The zero-order valence-corrected chi connectivity index (χ0v) is 15.4. The summed E-state index contributed by atoms with van der Waals surface area (Å²) in [6.45, 7) is 0.